The van der Waals surface area contributed by atoms with Crippen molar-refractivity contribution in [3.05, 3.63) is 57.2 Å². The molecule has 1 aliphatic rings. The first-order valence-corrected chi connectivity index (χ1v) is 8.12. The summed E-state index contributed by atoms with van der Waals surface area (Å²) in [7, 11) is 0. The number of carbonyl (C=O) groups is 1. The molecule has 1 amide bonds. The van der Waals surface area contributed by atoms with Gasteiger partial charge in [0.05, 0.1) is 16.4 Å². The highest BCUT2D eigenvalue weighted by Gasteiger charge is 2.27. The molecule has 0 radical (unpaired) electrons. The molecule has 0 saturated carbocycles. The summed E-state index contributed by atoms with van der Waals surface area (Å²) in [5, 5.41) is 6.65. The number of halogens is 2. The van der Waals surface area contributed by atoms with Gasteiger partial charge in [0, 0.05) is 6.42 Å². The van der Waals surface area contributed by atoms with Crippen molar-refractivity contribution in [1.82, 2.24) is 4.98 Å². The number of anilines is 1. The van der Waals surface area contributed by atoms with Gasteiger partial charge in [-0.3, -0.25) is 4.79 Å². The minimum atomic E-state index is -0.283. The van der Waals surface area contributed by atoms with Crippen LogP contribution in [0.1, 0.15) is 18.1 Å². The topological polar surface area (TPSA) is 63.6 Å². The highest BCUT2D eigenvalue weighted by molar-refractivity contribution is 9.13. The lowest BCUT2D eigenvalue weighted by molar-refractivity contribution is -0.110. The van der Waals surface area contributed by atoms with Crippen molar-refractivity contribution < 1.29 is 9.63 Å². The monoisotopic (exact) mass is 423 g/mol. The average molecular weight is 425 g/mol. The van der Waals surface area contributed by atoms with Crippen LogP contribution < -0.4 is 5.32 Å². The van der Waals surface area contributed by atoms with Crippen LogP contribution in [-0.2, 0) is 9.63 Å². The van der Waals surface area contributed by atoms with Gasteiger partial charge >= 0.3 is 0 Å². The van der Waals surface area contributed by atoms with E-state index >= 15 is 0 Å². The number of carbonyl (C=O) groups excluding carboxylic acids is 1. The molecule has 0 saturated heterocycles. The third-order valence-corrected chi connectivity index (χ3v) is 4.92. The molecule has 3 rings (SSSR count). The van der Waals surface area contributed by atoms with Crippen molar-refractivity contribution >= 4 is 49.2 Å². The van der Waals surface area contributed by atoms with Crippen LogP contribution in [0, 0.1) is 0 Å². The van der Waals surface area contributed by atoms with Gasteiger partial charge in [-0.1, -0.05) is 35.5 Å². The summed E-state index contributed by atoms with van der Waals surface area (Å²) in [6, 6.07) is 11.5. The van der Waals surface area contributed by atoms with Crippen LogP contribution in [0.3, 0.4) is 0 Å². The van der Waals surface area contributed by atoms with Crippen LogP contribution in [-0.4, -0.2) is 16.6 Å². The van der Waals surface area contributed by atoms with Crippen LogP contribution in [0.15, 0.2) is 56.8 Å². The van der Waals surface area contributed by atoms with Crippen LogP contribution in [0.25, 0.3) is 0 Å². The highest BCUT2D eigenvalue weighted by atomic mass is 79.9. The zero-order valence-corrected chi connectivity index (χ0v) is 14.5. The summed E-state index contributed by atoms with van der Waals surface area (Å²) < 4.78 is 1.44. The maximum Gasteiger partial charge on any atom is 0.273 e. The number of hydrogen-bond donors (Lipinski definition) is 1. The fourth-order valence-electron chi connectivity index (χ4n) is 2.05. The van der Waals surface area contributed by atoms with Crippen LogP contribution in [0.2, 0.25) is 0 Å². The average Bonchev–Trinajstić information content (AvgIpc) is 3.02. The van der Waals surface area contributed by atoms with E-state index in [4.69, 9.17) is 4.84 Å². The zero-order valence-electron chi connectivity index (χ0n) is 11.3. The molecule has 0 bridgehead atoms. The second-order valence-corrected chi connectivity index (χ2v) is 6.30. The van der Waals surface area contributed by atoms with Crippen molar-refractivity contribution in [3.8, 4) is 0 Å². The molecule has 0 fully saturated rings. The fourth-order valence-corrected chi connectivity index (χ4v) is 2.62. The molecular weight excluding hydrogens is 414 g/mol. The van der Waals surface area contributed by atoms with Gasteiger partial charge in [0.15, 0.2) is 6.10 Å². The molecule has 1 aromatic carbocycles. The van der Waals surface area contributed by atoms with Gasteiger partial charge in [0.1, 0.15) is 10.3 Å². The van der Waals surface area contributed by atoms with E-state index in [2.05, 4.69) is 47.3 Å². The molecule has 1 aliphatic heterocycles. The molecule has 7 heteroatoms. The number of aromatic nitrogens is 1. The second kappa shape index (κ2) is 6.58. The molecule has 1 atom stereocenters. The van der Waals surface area contributed by atoms with Crippen molar-refractivity contribution in [2.75, 3.05) is 5.32 Å². The third kappa shape index (κ3) is 3.36. The van der Waals surface area contributed by atoms with Gasteiger partial charge in [-0.15, -0.1) is 0 Å². The van der Waals surface area contributed by atoms with Crippen molar-refractivity contribution in [3.63, 3.8) is 0 Å². The lowest BCUT2D eigenvalue weighted by Crippen LogP contribution is -2.22. The molecule has 0 aliphatic carbocycles. The van der Waals surface area contributed by atoms with Crippen LogP contribution >= 0.6 is 31.9 Å². The Labute approximate surface area is 144 Å². The second-order valence-electron chi connectivity index (χ2n) is 4.70. The van der Waals surface area contributed by atoms with Gasteiger partial charge in [-0.25, -0.2) is 4.98 Å². The zero-order chi connectivity index (χ0) is 15.5. The minimum Gasteiger partial charge on any atom is -0.387 e. The molecule has 112 valence electrons. The standard InChI is InChI=1S/C15H11Br2N3O2/c16-11-6-10(8-18-14(11)17)19-15(21)12-7-13(22-20-12)9-4-2-1-3-5-9/h1-6,8,13H,7H2,(H,19,21). The molecule has 1 N–H and O–H groups in total. The molecule has 5 nitrogen and oxygen atoms in total. The summed E-state index contributed by atoms with van der Waals surface area (Å²) in [5.41, 5.74) is 1.96. The van der Waals surface area contributed by atoms with E-state index in [-0.39, 0.29) is 12.0 Å². The van der Waals surface area contributed by atoms with Crippen molar-refractivity contribution in [2.24, 2.45) is 5.16 Å². The van der Waals surface area contributed by atoms with Crippen LogP contribution in [0.4, 0.5) is 5.69 Å². The van der Waals surface area contributed by atoms with Gasteiger partial charge in [0.2, 0.25) is 0 Å². The van der Waals surface area contributed by atoms with Gasteiger partial charge in [-0.2, -0.15) is 0 Å². The number of pyridine rings is 1. The SMILES string of the molecule is O=C(Nc1cnc(Br)c(Br)c1)C1=NOC(c2ccccc2)C1. The number of hydrogen-bond acceptors (Lipinski definition) is 4. The Morgan fingerprint density at radius 2 is 2.05 bits per heavy atom. The van der Waals surface area contributed by atoms with E-state index in [1.807, 2.05) is 30.3 Å². The summed E-state index contributed by atoms with van der Waals surface area (Å²) in [4.78, 5) is 21.7. The van der Waals surface area contributed by atoms with Gasteiger partial charge < -0.3 is 10.2 Å². The Hall–Kier alpha value is -1.73. The summed E-state index contributed by atoms with van der Waals surface area (Å²) in [6.45, 7) is 0. The Balaban J connectivity index is 1.65. The maximum absolute atomic E-state index is 12.2. The smallest absolute Gasteiger partial charge is 0.273 e. The maximum atomic E-state index is 12.2. The summed E-state index contributed by atoms with van der Waals surface area (Å²) >= 11 is 6.63. The van der Waals surface area contributed by atoms with Crippen LogP contribution in [0.5, 0.6) is 0 Å². The number of benzene rings is 1. The first-order chi connectivity index (χ1) is 10.6. The Morgan fingerprint density at radius 3 is 2.77 bits per heavy atom. The highest BCUT2D eigenvalue weighted by Crippen LogP contribution is 2.28. The van der Waals surface area contributed by atoms with Gasteiger partial charge in [-0.05, 0) is 43.5 Å². The molecule has 0 spiro atoms. The number of oxime groups is 1. The molecule has 1 unspecified atom stereocenters. The van der Waals surface area contributed by atoms with Gasteiger partial charge in [0.25, 0.3) is 5.91 Å². The Morgan fingerprint density at radius 1 is 1.27 bits per heavy atom. The van der Waals surface area contributed by atoms with E-state index in [0.29, 0.717) is 22.4 Å². The first-order valence-electron chi connectivity index (χ1n) is 6.53. The summed E-state index contributed by atoms with van der Waals surface area (Å²) in [5.74, 6) is -0.283. The van der Waals surface area contributed by atoms with Crippen molar-refractivity contribution in [2.45, 2.75) is 12.5 Å². The molecular formula is C15H11Br2N3O2. The normalized spacial score (nSPS) is 16.8. The third-order valence-electron chi connectivity index (χ3n) is 3.16. The first kappa shape index (κ1) is 15.2. The predicted octanol–water partition coefficient (Wildman–Crippen LogP) is 4.06. The molecule has 2 aromatic rings. The fraction of sp³-hybridized carbons (Fsp3) is 0.133. The molecule has 1 aromatic heterocycles. The van der Waals surface area contributed by atoms with E-state index in [0.717, 1.165) is 10.0 Å². The minimum absolute atomic E-state index is 0.211. The quantitative estimate of drug-likeness (QED) is 0.755. The number of amides is 1. The largest absolute Gasteiger partial charge is 0.387 e. The lowest BCUT2D eigenvalue weighted by atomic mass is 10.0. The molecule has 22 heavy (non-hydrogen) atoms. The number of nitrogens with one attached hydrogen (secondary N) is 1. The summed E-state index contributed by atoms with van der Waals surface area (Å²) in [6.07, 6.45) is 1.80. The lowest BCUT2D eigenvalue weighted by Gasteiger charge is -2.07. The molecule has 2 heterocycles. The van der Waals surface area contributed by atoms with E-state index in [9.17, 15) is 4.79 Å². The Bertz CT molecular complexity index is 735. The van der Waals surface area contributed by atoms with E-state index < -0.39 is 0 Å². The van der Waals surface area contributed by atoms with E-state index in [1.165, 1.54) is 0 Å². The number of nitrogens with zero attached hydrogens (tertiary/aromatic N) is 2. The Kier molecular flexibility index (Phi) is 4.54. The number of rotatable bonds is 3. The predicted molar refractivity (Wildman–Crippen MR) is 90.6 cm³/mol. The van der Waals surface area contributed by atoms with Crippen molar-refractivity contribution in [1.29, 1.82) is 0 Å². The van der Waals surface area contributed by atoms with E-state index in [1.54, 1.807) is 12.3 Å².